The Morgan fingerprint density at radius 2 is 2.06 bits per heavy atom. The third-order valence-corrected chi connectivity index (χ3v) is 2.37. The highest BCUT2D eigenvalue weighted by atomic mass is 79.9. The molecule has 1 atom stereocenters. The molecule has 0 aliphatic carbocycles. The van der Waals surface area contributed by atoms with Crippen molar-refractivity contribution in [3.63, 3.8) is 0 Å². The summed E-state index contributed by atoms with van der Waals surface area (Å²) in [4.78, 5) is 0. The first-order valence-corrected chi connectivity index (χ1v) is 5.38. The summed E-state index contributed by atoms with van der Waals surface area (Å²) in [5, 5.41) is 11.6. The van der Waals surface area contributed by atoms with Crippen LogP contribution in [0.3, 0.4) is 0 Å². The predicted octanol–water partition coefficient (Wildman–Crippen LogP) is 3.26. The maximum Gasteiger partial charge on any atom is 0.418 e. The van der Waals surface area contributed by atoms with E-state index in [0.29, 0.717) is 4.47 Å². The highest BCUT2D eigenvalue weighted by Gasteiger charge is 2.33. The molecule has 2 nitrogen and oxygen atoms in total. The van der Waals surface area contributed by atoms with Crippen molar-refractivity contribution in [1.82, 2.24) is 0 Å². The molecule has 90 valence electrons. The monoisotopic (exact) mass is 297 g/mol. The van der Waals surface area contributed by atoms with Gasteiger partial charge in [0.25, 0.3) is 0 Å². The molecule has 1 aromatic rings. The Hall–Kier alpha value is -0.750. The minimum atomic E-state index is -4.41. The molecule has 0 fully saturated rings. The number of alkyl halides is 3. The highest BCUT2D eigenvalue weighted by molar-refractivity contribution is 9.10. The van der Waals surface area contributed by atoms with Crippen LogP contribution in [-0.2, 0) is 6.18 Å². The van der Waals surface area contributed by atoms with Crippen molar-refractivity contribution in [2.45, 2.75) is 19.2 Å². The van der Waals surface area contributed by atoms with Gasteiger partial charge in [0.05, 0.1) is 11.7 Å². The molecule has 0 radical (unpaired) electrons. The molecule has 0 heterocycles. The summed E-state index contributed by atoms with van der Waals surface area (Å²) in [5.74, 6) is 0. The number of hydrogen-bond donors (Lipinski definition) is 2. The Labute approximate surface area is 99.6 Å². The summed E-state index contributed by atoms with van der Waals surface area (Å²) in [5.41, 5.74) is -0.779. The lowest BCUT2D eigenvalue weighted by Crippen LogP contribution is -2.18. The van der Waals surface area contributed by atoms with E-state index in [2.05, 4.69) is 21.2 Å². The van der Waals surface area contributed by atoms with Crippen LogP contribution >= 0.6 is 15.9 Å². The highest BCUT2D eigenvalue weighted by Crippen LogP contribution is 2.36. The molecule has 16 heavy (non-hydrogen) atoms. The van der Waals surface area contributed by atoms with Gasteiger partial charge < -0.3 is 10.4 Å². The summed E-state index contributed by atoms with van der Waals surface area (Å²) in [6, 6.07) is 3.85. The van der Waals surface area contributed by atoms with Crippen LogP contribution in [0.25, 0.3) is 0 Å². The molecule has 0 saturated carbocycles. The first-order chi connectivity index (χ1) is 7.30. The molecule has 0 unspecified atom stereocenters. The molecular weight excluding hydrogens is 287 g/mol. The maximum absolute atomic E-state index is 12.6. The molecule has 0 aliphatic rings. The lowest BCUT2D eigenvalue weighted by Gasteiger charge is -2.15. The maximum atomic E-state index is 12.6. The zero-order valence-corrected chi connectivity index (χ0v) is 10.1. The SMILES string of the molecule is C[C@H](O)CNc1ccc(Br)cc1C(F)(F)F. The fourth-order valence-corrected chi connectivity index (χ4v) is 1.52. The van der Waals surface area contributed by atoms with Crippen LogP contribution in [-0.4, -0.2) is 17.8 Å². The smallest absolute Gasteiger partial charge is 0.392 e. The minimum absolute atomic E-state index is 0.0309. The zero-order chi connectivity index (χ0) is 12.3. The second-order valence-corrected chi connectivity index (χ2v) is 4.33. The third-order valence-electron chi connectivity index (χ3n) is 1.87. The average Bonchev–Trinajstić information content (AvgIpc) is 2.14. The van der Waals surface area contributed by atoms with Crippen molar-refractivity contribution in [2.75, 3.05) is 11.9 Å². The van der Waals surface area contributed by atoms with Gasteiger partial charge in [0.1, 0.15) is 0 Å². The Morgan fingerprint density at radius 1 is 1.44 bits per heavy atom. The lowest BCUT2D eigenvalue weighted by molar-refractivity contribution is -0.137. The van der Waals surface area contributed by atoms with Crippen molar-refractivity contribution < 1.29 is 18.3 Å². The van der Waals surface area contributed by atoms with Crippen molar-refractivity contribution in [3.05, 3.63) is 28.2 Å². The molecule has 6 heteroatoms. The predicted molar refractivity (Wildman–Crippen MR) is 59.3 cm³/mol. The summed E-state index contributed by atoms with van der Waals surface area (Å²) in [6.45, 7) is 1.57. The lowest BCUT2D eigenvalue weighted by atomic mass is 10.1. The Kier molecular flexibility index (Phi) is 4.21. The number of anilines is 1. The summed E-state index contributed by atoms with van der Waals surface area (Å²) in [6.07, 6.45) is -5.12. The van der Waals surface area contributed by atoms with Crippen molar-refractivity contribution in [1.29, 1.82) is 0 Å². The van der Waals surface area contributed by atoms with Gasteiger partial charge in [-0.05, 0) is 25.1 Å². The van der Waals surface area contributed by atoms with Gasteiger partial charge in [-0.2, -0.15) is 13.2 Å². The number of hydrogen-bond acceptors (Lipinski definition) is 2. The quantitative estimate of drug-likeness (QED) is 0.897. The van der Waals surface area contributed by atoms with Crippen LogP contribution in [0.4, 0.5) is 18.9 Å². The van der Waals surface area contributed by atoms with E-state index in [9.17, 15) is 13.2 Å². The van der Waals surface area contributed by atoms with E-state index in [0.717, 1.165) is 6.07 Å². The minimum Gasteiger partial charge on any atom is -0.392 e. The topological polar surface area (TPSA) is 32.3 Å². The van der Waals surface area contributed by atoms with Crippen molar-refractivity contribution >= 4 is 21.6 Å². The Balaban J connectivity index is 2.99. The average molecular weight is 298 g/mol. The molecule has 0 bridgehead atoms. The van der Waals surface area contributed by atoms with Crippen LogP contribution < -0.4 is 5.32 Å². The van der Waals surface area contributed by atoms with Crippen molar-refractivity contribution in [2.24, 2.45) is 0 Å². The summed E-state index contributed by atoms with van der Waals surface area (Å²) < 4.78 is 38.3. The first-order valence-electron chi connectivity index (χ1n) is 4.59. The summed E-state index contributed by atoms with van der Waals surface area (Å²) in [7, 11) is 0. The number of benzene rings is 1. The number of aliphatic hydroxyl groups excluding tert-OH is 1. The van der Waals surface area contributed by atoms with Gasteiger partial charge in [-0.25, -0.2) is 0 Å². The van der Waals surface area contributed by atoms with Crippen LogP contribution in [0.5, 0.6) is 0 Å². The fraction of sp³-hybridized carbons (Fsp3) is 0.400. The van der Waals surface area contributed by atoms with Gasteiger partial charge in [-0.15, -0.1) is 0 Å². The van der Waals surface area contributed by atoms with Gasteiger partial charge in [-0.3, -0.25) is 0 Å². The number of rotatable bonds is 3. The van der Waals surface area contributed by atoms with Crippen LogP contribution in [0.15, 0.2) is 22.7 Å². The molecule has 0 spiro atoms. The first kappa shape index (κ1) is 13.3. The van der Waals surface area contributed by atoms with E-state index in [1.165, 1.54) is 19.1 Å². The van der Waals surface area contributed by atoms with Gasteiger partial charge >= 0.3 is 6.18 Å². The molecule has 0 amide bonds. The zero-order valence-electron chi connectivity index (χ0n) is 8.48. The second-order valence-electron chi connectivity index (χ2n) is 3.42. The van der Waals surface area contributed by atoms with Crippen molar-refractivity contribution in [3.8, 4) is 0 Å². The normalized spacial score (nSPS) is 13.6. The fourth-order valence-electron chi connectivity index (χ4n) is 1.16. The van der Waals surface area contributed by atoms with E-state index in [1.54, 1.807) is 0 Å². The molecule has 1 aromatic carbocycles. The van der Waals surface area contributed by atoms with Crippen LogP contribution in [0.1, 0.15) is 12.5 Å². The molecule has 0 aromatic heterocycles. The van der Waals surface area contributed by atoms with E-state index in [1.807, 2.05) is 0 Å². The Bertz CT molecular complexity index is 366. The number of nitrogens with one attached hydrogen (secondary N) is 1. The molecule has 1 rings (SSSR count). The standard InChI is InChI=1S/C10H11BrF3NO/c1-6(16)5-15-9-3-2-7(11)4-8(9)10(12,13)14/h2-4,6,15-16H,5H2,1H3/t6-/m0/s1. The molecule has 2 N–H and O–H groups in total. The second kappa shape index (κ2) is 5.05. The van der Waals surface area contributed by atoms with E-state index in [-0.39, 0.29) is 12.2 Å². The van der Waals surface area contributed by atoms with Gasteiger partial charge in [0, 0.05) is 16.7 Å². The van der Waals surface area contributed by atoms with E-state index < -0.39 is 17.8 Å². The Morgan fingerprint density at radius 3 is 2.56 bits per heavy atom. The van der Waals surface area contributed by atoms with Gasteiger partial charge in [-0.1, -0.05) is 15.9 Å². The van der Waals surface area contributed by atoms with Gasteiger partial charge in [0.15, 0.2) is 0 Å². The third kappa shape index (κ3) is 3.68. The van der Waals surface area contributed by atoms with Gasteiger partial charge in [0.2, 0.25) is 0 Å². The number of halogens is 4. The molecule has 0 saturated heterocycles. The van der Waals surface area contributed by atoms with E-state index in [4.69, 9.17) is 5.11 Å². The van der Waals surface area contributed by atoms with Crippen LogP contribution in [0, 0.1) is 0 Å². The van der Waals surface area contributed by atoms with Crippen LogP contribution in [0.2, 0.25) is 0 Å². The van der Waals surface area contributed by atoms with E-state index >= 15 is 0 Å². The molecular formula is C10H11BrF3NO. The molecule has 0 aliphatic heterocycles. The number of aliphatic hydroxyl groups is 1. The summed E-state index contributed by atoms with van der Waals surface area (Å²) >= 11 is 2.99. The largest absolute Gasteiger partial charge is 0.418 e.